The van der Waals surface area contributed by atoms with Gasteiger partial charge in [0.1, 0.15) is 0 Å². The molecule has 4 atom stereocenters. The van der Waals surface area contributed by atoms with E-state index in [0.717, 1.165) is 21.7 Å². The van der Waals surface area contributed by atoms with Crippen LogP contribution in [-0.2, 0) is 10.8 Å². The number of hydrogen-bond donors (Lipinski definition) is 0. The van der Waals surface area contributed by atoms with Gasteiger partial charge in [-0.3, -0.25) is 0 Å². The minimum Gasteiger partial charge on any atom is -0.0648 e. The highest BCUT2D eigenvalue weighted by atomic mass is 14.6. The van der Waals surface area contributed by atoms with Crippen molar-refractivity contribution in [2.45, 2.75) is 503 Å². The van der Waals surface area contributed by atoms with E-state index in [1.54, 1.807) is 0 Å². The van der Waals surface area contributed by atoms with Crippen LogP contribution in [-0.4, -0.2) is 0 Å². The lowest BCUT2D eigenvalue weighted by molar-refractivity contribution is -0.00381. The third-order valence-corrected chi connectivity index (χ3v) is 42.0. The first-order valence-electron chi connectivity index (χ1n) is 50.7. The maximum atomic E-state index is 2.58. The fourth-order valence-electron chi connectivity index (χ4n) is 26.2. The van der Waals surface area contributed by atoms with Crippen LogP contribution < -0.4 is 0 Å². The second-order valence-electron chi connectivity index (χ2n) is 52.4. The predicted molar refractivity (Wildman–Crippen MR) is 527 cm³/mol. The molecule has 0 N–H and O–H groups in total. The van der Waals surface area contributed by atoms with E-state index in [1.165, 1.54) is 301 Å². The van der Waals surface area contributed by atoms with Crippen molar-refractivity contribution in [2.24, 2.45) is 97.5 Å². The highest BCUT2D eigenvalue weighted by Crippen LogP contribution is 2.65. The summed E-state index contributed by atoms with van der Waals surface area (Å²) in [6.45, 7) is 81.9. The van der Waals surface area contributed by atoms with Crippen molar-refractivity contribution >= 4 is 0 Å². The molecule has 0 saturated heterocycles. The highest BCUT2D eigenvalue weighted by molar-refractivity contribution is 5.82. The highest BCUT2D eigenvalue weighted by Gasteiger charge is 2.54. The Labute approximate surface area is 737 Å². The summed E-state index contributed by atoms with van der Waals surface area (Å²) in [6, 6.07) is 35.4. The molecule has 0 aliphatic heterocycles. The molecule has 1 unspecified atom stereocenters. The molecule has 118 heavy (non-hydrogen) atoms. The van der Waals surface area contributed by atoms with Crippen molar-refractivity contribution in [2.75, 3.05) is 0 Å². The Morgan fingerprint density at radius 3 is 0.483 bits per heavy atom. The van der Waals surface area contributed by atoms with Gasteiger partial charge in [-0.05, 0) is 283 Å². The van der Waals surface area contributed by atoms with Crippen molar-refractivity contribution in [3.8, 4) is 22.3 Å². The summed E-state index contributed by atoms with van der Waals surface area (Å²) in [7, 11) is 0. The van der Waals surface area contributed by atoms with E-state index in [4.69, 9.17) is 0 Å². The Hall–Kier alpha value is -3.12. The van der Waals surface area contributed by atoms with Crippen LogP contribution in [0, 0.1) is 97.5 Å². The first kappa shape index (κ1) is 100. The molecule has 0 heteroatoms. The van der Waals surface area contributed by atoms with Gasteiger partial charge in [-0.2, -0.15) is 0 Å². The summed E-state index contributed by atoms with van der Waals surface area (Å²) in [5.74, 6) is 0. The SMILES string of the molecule is CC(C)(C)C1(C)c2ccccc2-c2ccccc21.CC(C)(C)C1(C)c2ccccc2-c2ccccc21.CC1(C)CCCC1(C)C.CC1(C)CCCC1(C)C.CC1(C)CCCC1(C)C.CC1(C)CCCC1(C)C.CC1(C2(C)CCCCC2)CCCCC1.CC12CCCC1(C)CCC2.CC12CCCC[C@@]1(C)CCC2.CC[C@@]1(C)CCC[C@@]1(C)CC. The lowest BCUT2D eigenvalue weighted by Gasteiger charge is -2.51. The fourth-order valence-corrected chi connectivity index (χ4v) is 26.2. The molecule has 0 nitrogen and oxygen atoms in total. The predicted octanol–water partition coefficient (Wildman–Crippen LogP) is 39.0. The zero-order valence-electron chi connectivity index (χ0n) is 85.5. The maximum absolute atomic E-state index is 2.58. The van der Waals surface area contributed by atoms with Crippen LogP contribution in [0.25, 0.3) is 22.3 Å². The summed E-state index contributed by atoms with van der Waals surface area (Å²) >= 11 is 0. The molecule has 11 saturated carbocycles. The number of fused-ring (bicyclic) bond motifs is 8. The fraction of sp³-hybridized carbons (Fsp3) is 0.797. The van der Waals surface area contributed by atoms with Crippen molar-refractivity contribution in [3.05, 3.63) is 119 Å². The van der Waals surface area contributed by atoms with Crippen LogP contribution in [0.4, 0.5) is 0 Å². The van der Waals surface area contributed by atoms with Gasteiger partial charge in [-0.15, -0.1) is 0 Å². The molecular weight excluding hydrogens is 1420 g/mol. The van der Waals surface area contributed by atoms with Gasteiger partial charge >= 0.3 is 0 Å². The molecule has 17 rings (SSSR count). The van der Waals surface area contributed by atoms with Crippen molar-refractivity contribution in [3.63, 3.8) is 0 Å². The van der Waals surface area contributed by atoms with Gasteiger partial charge < -0.3 is 0 Å². The van der Waals surface area contributed by atoms with Gasteiger partial charge in [0.25, 0.3) is 0 Å². The van der Waals surface area contributed by atoms with Crippen LogP contribution in [0.15, 0.2) is 97.1 Å². The zero-order valence-corrected chi connectivity index (χ0v) is 85.5. The van der Waals surface area contributed by atoms with E-state index in [0.29, 0.717) is 65.0 Å². The Morgan fingerprint density at radius 1 is 0.186 bits per heavy atom. The van der Waals surface area contributed by atoms with E-state index < -0.39 is 0 Å². The monoisotopic (exact) mass is 1620 g/mol. The summed E-state index contributed by atoms with van der Waals surface area (Å²) in [5, 5.41) is 0. The number of rotatable bonds is 3. The minimum atomic E-state index is 0.0974. The maximum Gasteiger partial charge on any atom is 0.0235 e. The first-order valence-corrected chi connectivity index (χ1v) is 50.7. The molecule has 4 aromatic rings. The van der Waals surface area contributed by atoms with Crippen LogP contribution in [0.3, 0.4) is 0 Å². The summed E-state index contributed by atoms with van der Waals surface area (Å²) in [6.07, 6.45) is 58.6. The third kappa shape index (κ3) is 20.6. The van der Waals surface area contributed by atoms with E-state index in [2.05, 4.69) is 332 Å². The topological polar surface area (TPSA) is 0 Å². The molecule has 13 aliphatic rings. The van der Waals surface area contributed by atoms with Gasteiger partial charge in [0.05, 0.1) is 0 Å². The van der Waals surface area contributed by atoms with Crippen LogP contribution >= 0.6 is 0 Å². The van der Waals surface area contributed by atoms with Gasteiger partial charge in [-0.25, -0.2) is 0 Å². The number of hydrogen-bond acceptors (Lipinski definition) is 0. The van der Waals surface area contributed by atoms with E-state index in [1.807, 2.05) is 0 Å². The molecule has 11 fully saturated rings. The average Bonchev–Trinajstić information content (AvgIpc) is 1.56. The van der Waals surface area contributed by atoms with Crippen molar-refractivity contribution < 1.29 is 0 Å². The van der Waals surface area contributed by atoms with Crippen molar-refractivity contribution in [1.29, 1.82) is 0 Å². The van der Waals surface area contributed by atoms with Gasteiger partial charge in [0.2, 0.25) is 0 Å². The molecule has 0 heterocycles. The van der Waals surface area contributed by atoms with E-state index in [9.17, 15) is 0 Å². The van der Waals surface area contributed by atoms with Gasteiger partial charge in [-0.1, -0.05) is 448 Å². The summed E-state index contributed by atoms with van der Waals surface area (Å²) in [5.41, 5.74) is 22.4. The molecule has 0 bridgehead atoms. The van der Waals surface area contributed by atoms with Gasteiger partial charge in [0.15, 0.2) is 0 Å². The van der Waals surface area contributed by atoms with E-state index >= 15 is 0 Å². The standard InChI is InChI=1S/2C18H20.C14H26.C11H20.C11H22.C10H18.4C9H18/c2*1-17(2,3)18(4)15-11-7-5-9-13(15)14-10-6-8-12-16(14)18;1-13(9-5-3-6-10-13)14(2)11-7-4-8-12-14;1-10-6-3-4-7-11(10,2)9-5-8-10;1-5-10(3)8-7-9-11(10,4)6-2;1-9-5-3-7-10(9,2)8-4-6-9;4*1-8(2)6-5-7-9(8,3)4/h2*5-12H,1-4H3;3-12H2,1-2H3;3-9H2,1-2H3;5-9H2,1-4H3;3-8H2,1-2H3;4*5-7H2,1-4H3/t;;;10-,11?;10-,11+;;;;;/m...0....../s1. The average molecular weight is 1620 g/mol. The number of benzene rings is 4. The molecule has 670 valence electrons. The summed E-state index contributed by atoms with van der Waals surface area (Å²) in [4.78, 5) is 0. The Balaban J connectivity index is 0.000000165. The smallest absolute Gasteiger partial charge is 0.0235 e. The molecule has 0 spiro atoms. The zero-order chi connectivity index (χ0) is 88.2. The third-order valence-electron chi connectivity index (χ3n) is 42.0. The summed E-state index contributed by atoms with van der Waals surface area (Å²) < 4.78 is 0. The second kappa shape index (κ2) is 37.4. The molecule has 13 aliphatic carbocycles. The lowest BCUT2D eigenvalue weighted by Crippen LogP contribution is -2.40. The van der Waals surface area contributed by atoms with Crippen LogP contribution in [0.1, 0.15) is 514 Å². The Bertz CT molecular complexity index is 3310. The molecule has 4 aromatic carbocycles. The molecule has 0 amide bonds. The van der Waals surface area contributed by atoms with E-state index in [-0.39, 0.29) is 21.7 Å². The molecule has 0 aromatic heterocycles. The minimum absolute atomic E-state index is 0.0974. The van der Waals surface area contributed by atoms with Crippen LogP contribution in [0.5, 0.6) is 0 Å². The quantitative estimate of drug-likeness (QED) is 0.192. The van der Waals surface area contributed by atoms with Gasteiger partial charge in [0, 0.05) is 10.8 Å². The largest absolute Gasteiger partial charge is 0.0648 e. The Morgan fingerprint density at radius 2 is 0.331 bits per heavy atom. The lowest BCUT2D eigenvalue weighted by atomic mass is 9.54. The van der Waals surface area contributed by atoms with Crippen molar-refractivity contribution in [1.82, 2.24) is 0 Å². The first-order chi connectivity index (χ1) is 54.3. The molecule has 0 radical (unpaired) electrons. The molecular formula is C118H198. The normalized spacial score (nSPS) is 31.4. The van der Waals surface area contributed by atoms with Crippen LogP contribution in [0.2, 0.25) is 0 Å². The second-order valence-corrected chi connectivity index (χ2v) is 52.4. The Kier molecular flexibility index (Phi) is 31.8.